The second kappa shape index (κ2) is 7.37. The van der Waals surface area contributed by atoms with Crippen LogP contribution < -0.4 is 5.32 Å². The summed E-state index contributed by atoms with van der Waals surface area (Å²) in [6.45, 7) is 9.62. The van der Waals surface area contributed by atoms with Crippen LogP contribution >= 0.6 is 0 Å². The van der Waals surface area contributed by atoms with E-state index in [1.165, 1.54) is 5.56 Å². The van der Waals surface area contributed by atoms with Crippen molar-refractivity contribution in [2.75, 3.05) is 13.2 Å². The van der Waals surface area contributed by atoms with Gasteiger partial charge in [-0.25, -0.2) is 4.39 Å². The zero-order valence-corrected chi connectivity index (χ0v) is 13.7. The van der Waals surface area contributed by atoms with Gasteiger partial charge < -0.3 is 10.1 Å². The Morgan fingerprint density at radius 3 is 2.38 bits per heavy atom. The molecule has 0 bridgehead atoms. The predicted octanol–water partition coefficient (Wildman–Crippen LogP) is 4.30. The van der Waals surface area contributed by atoms with Gasteiger partial charge in [-0.2, -0.15) is 0 Å². The van der Waals surface area contributed by atoms with Gasteiger partial charge in [0.05, 0.1) is 6.10 Å². The van der Waals surface area contributed by atoms with Crippen LogP contribution in [0.5, 0.6) is 0 Å². The minimum absolute atomic E-state index is 0.0750. The minimum Gasteiger partial charge on any atom is -0.378 e. The summed E-state index contributed by atoms with van der Waals surface area (Å²) in [7, 11) is 0. The Hall–Kier alpha value is -0.930. The Balaban J connectivity index is 2.02. The zero-order valence-electron chi connectivity index (χ0n) is 13.7. The fraction of sp³-hybridized carbons (Fsp3) is 0.667. The lowest BCUT2D eigenvalue weighted by atomic mass is 9.77. The van der Waals surface area contributed by atoms with Gasteiger partial charge in [-0.15, -0.1) is 0 Å². The maximum absolute atomic E-state index is 13.8. The van der Waals surface area contributed by atoms with E-state index in [9.17, 15) is 4.39 Å². The lowest BCUT2D eigenvalue weighted by molar-refractivity contribution is -0.0291. The van der Waals surface area contributed by atoms with Crippen LogP contribution in [-0.4, -0.2) is 19.3 Å². The van der Waals surface area contributed by atoms with Gasteiger partial charge >= 0.3 is 0 Å². The van der Waals surface area contributed by atoms with Crippen LogP contribution in [0.25, 0.3) is 0 Å². The molecule has 0 amide bonds. The SMILES string of the molecule is CCNC(CC1CC(OCC)C1)c1cc(C)c(F)c(C)c1. The molecular formula is C18H28FNO. The highest BCUT2D eigenvalue weighted by molar-refractivity contribution is 5.32. The van der Waals surface area contributed by atoms with Crippen LogP contribution in [0.15, 0.2) is 12.1 Å². The van der Waals surface area contributed by atoms with Gasteiger partial charge in [-0.3, -0.25) is 0 Å². The summed E-state index contributed by atoms with van der Waals surface area (Å²) in [6, 6.07) is 4.31. The Bertz CT molecular complexity index is 445. The largest absolute Gasteiger partial charge is 0.378 e. The van der Waals surface area contributed by atoms with Gasteiger partial charge in [-0.1, -0.05) is 19.1 Å². The second-order valence-corrected chi connectivity index (χ2v) is 6.23. The molecule has 2 nitrogen and oxygen atoms in total. The number of halogens is 1. The molecule has 2 rings (SSSR count). The number of aryl methyl sites for hydroxylation is 2. The number of benzene rings is 1. The Morgan fingerprint density at radius 2 is 1.86 bits per heavy atom. The van der Waals surface area contributed by atoms with E-state index in [0.717, 1.165) is 49.5 Å². The Kier molecular flexibility index (Phi) is 5.77. The van der Waals surface area contributed by atoms with Crippen LogP contribution in [-0.2, 0) is 4.74 Å². The summed E-state index contributed by atoms with van der Waals surface area (Å²) >= 11 is 0. The van der Waals surface area contributed by atoms with Gasteiger partial charge in [0, 0.05) is 12.6 Å². The van der Waals surface area contributed by atoms with Crippen molar-refractivity contribution < 1.29 is 9.13 Å². The summed E-state index contributed by atoms with van der Waals surface area (Å²) < 4.78 is 19.4. The monoisotopic (exact) mass is 293 g/mol. The Morgan fingerprint density at radius 1 is 1.24 bits per heavy atom. The van der Waals surface area contributed by atoms with Gasteiger partial charge in [0.1, 0.15) is 5.82 Å². The van der Waals surface area contributed by atoms with Gasteiger partial charge in [0.15, 0.2) is 0 Å². The molecule has 1 N–H and O–H groups in total. The number of nitrogens with one attached hydrogen (secondary N) is 1. The van der Waals surface area contributed by atoms with E-state index in [-0.39, 0.29) is 5.82 Å². The standard InChI is InChI=1S/C18H28FNO/c1-5-20-17(11-14-9-16(10-14)21-6-2)15-7-12(3)18(19)13(4)8-15/h7-8,14,16-17,20H,5-6,9-11H2,1-4H3. The summed E-state index contributed by atoms with van der Waals surface area (Å²) in [5, 5.41) is 3.56. The molecule has 1 aliphatic carbocycles. The smallest absolute Gasteiger partial charge is 0.129 e. The maximum Gasteiger partial charge on any atom is 0.129 e. The molecule has 3 heteroatoms. The fourth-order valence-corrected chi connectivity index (χ4v) is 3.34. The van der Waals surface area contributed by atoms with Crippen molar-refractivity contribution >= 4 is 0 Å². The number of hydrogen-bond donors (Lipinski definition) is 1. The van der Waals surface area contributed by atoms with E-state index in [2.05, 4.69) is 19.2 Å². The molecule has 1 fully saturated rings. The number of rotatable bonds is 7. The van der Waals surface area contributed by atoms with Crippen LogP contribution in [0.4, 0.5) is 4.39 Å². The predicted molar refractivity (Wildman–Crippen MR) is 85.0 cm³/mol. The van der Waals surface area contributed by atoms with E-state index >= 15 is 0 Å². The van der Waals surface area contributed by atoms with Crippen molar-refractivity contribution in [1.82, 2.24) is 5.32 Å². The third-order valence-corrected chi connectivity index (χ3v) is 4.48. The summed E-state index contributed by atoms with van der Waals surface area (Å²) in [5.74, 6) is 0.644. The first-order chi connectivity index (χ1) is 10.0. The first kappa shape index (κ1) is 16.4. The highest BCUT2D eigenvalue weighted by Crippen LogP contribution is 2.37. The molecule has 0 aliphatic heterocycles. The van der Waals surface area contributed by atoms with Crippen molar-refractivity contribution in [1.29, 1.82) is 0 Å². The number of ether oxygens (including phenoxy) is 1. The molecule has 118 valence electrons. The minimum atomic E-state index is -0.0750. The van der Waals surface area contributed by atoms with E-state index < -0.39 is 0 Å². The van der Waals surface area contributed by atoms with Crippen molar-refractivity contribution in [3.05, 3.63) is 34.6 Å². The van der Waals surface area contributed by atoms with E-state index in [0.29, 0.717) is 12.1 Å². The molecule has 1 aromatic carbocycles. The van der Waals surface area contributed by atoms with Crippen LogP contribution in [0.2, 0.25) is 0 Å². The van der Waals surface area contributed by atoms with Crippen LogP contribution in [0.1, 0.15) is 55.8 Å². The molecule has 1 saturated carbocycles. The van der Waals surface area contributed by atoms with Crippen molar-refractivity contribution in [2.45, 2.75) is 59.1 Å². The Labute approximate surface area is 128 Å². The quantitative estimate of drug-likeness (QED) is 0.809. The molecule has 1 aromatic rings. The first-order valence-electron chi connectivity index (χ1n) is 8.16. The lowest BCUT2D eigenvalue weighted by Gasteiger charge is -2.37. The van der Waals surface area contributed by atoms with Gasteiger partial charge in [0.25, 0.3) is 0 Å². The molecule has 1 atom stereocenters. The van der Waals surface area contributed by atoms with Gasteiger partial charge in [0.2, 0.25) is 0 Å². The van der Waals surface area contributed by atoms with Crippen LogP contribution in [0, 0.1) is 25.6 Å². The molecular weight excluding hydrogens is 265 g/mol. The highest BCUT2D eigenvalue weighted by atomic mass is 19.1. The normalized spacial score (nSPS) is 22.9. The maximum atomic E-state index is 13.8. The molecule has 0 aromatic heterocycles. The molecule has 0 spiro atoms. The third-order valence-electron chi connectivity index (χ3n) is 4.48. The molecule has 0 saturated heterocycles. The topological polar surface area (TPSA) is 21.3 Å². The van der Waals surface area contributed by atoms with Gasteiger partial charge in [-0.05, 0) is 69.2 Å². The van der Waals surface area contributed by atoms with Crippen molar-refractivity contribution in [3.8, 4) is 0 Å². The highest BCUT2D eigenvalue weighted by Gasteiger charge is 2.31. The lowest BCUT2D eigenvalue weighted by Crippen LogP contribution is -2.34. The van der Waals surface area contributed by atoms with E-state index in [4.69, 9.17) is 4.74 Å². The average Bonchev–Trinajstić information content (AvgIpc) is 2.41. The molecule has 0 radical (unpaired) electrons. The van der Waals surface area contributed by atoms with E-state index in [1.54, 1.807) is 0 Å². The average molecular weight is 293 g/mol. The fourth-order valence-electron chi connectivity index (χ4n) is 3.34. The zero-order chi connectivity index (χ0) is 15.4. The number of hydrogen-bond acceptors (Lipinski definition) is 2. The molecule has 1 unspecified atom stereocenters. The van der Waals surface area contributed by atoms with Crippen molar-refractivity contribution in [3.63, 3.8) is 0 Å². The molecule has 21 heavy (non-hydrogen) atoms. The summed E-state index contributed by atoms with van der Waals surface area (Å²) in [5.41, 5.74) is 2.70. The second-order valence-electron chi connectivity index (χ2n) is 6.23. The molecule has 1 aliphatic rings. The van der Waals surface area contributed by atoms with Crippen molar-refractivity contribution in [2.24, 2.45) is 5.92 Å². The van der Waals surface area contributed by atoms with Crippen LogP contribution in [0.3, 0.4) is 0 Å². The van der Waals surface area contributed by atoms with E-state index in [1.807, 2.05) is 26.0 Å². The summed E-state index contributed by atoms with van der Waals surface area (Å²) in [6.07, 6.45) is 3.89. The third kappa shape index (κ3) is 4.04. The summed E-state index contributed by atoms with van der Waals surface area (Å²) in [4.78, 5) is 0. The first-order valence-corrected chi connectivity index (χ1v) is 8.16. The molecule has 0 heterocycles.